The summed E-state index contributed by atoms with van der Waals surface area (Å²) in [5, 5.41) is 11.0. The van der Waals surface area contributed by atoms with Crippen molar-refractivity contribution in [3.05, 3.63) is 83.2 Å². The molecular formula is C23H22FNO4. The first-order valence-electron chi connectivity index (χ1n) is 9.28. The lowest BCUT2D eigenvalue weighted by Crippen LogP contribution is -2.30. The molecule has 150 valence electrons. The van der Waals surface area contributed by atoms with Gasteiger partial charge in [-0.2, -0.15) is 0 Å². The van der Waals surface area contributed by atoms with Gasteiger partial charge in [0.25, 0.3) is 11.7 Å². The number of nitrogens with zero attached hydrogens (tertiary/aromatic N) is 1. The van der Waals surface area contributed by atoms with Crippen LogP contribution in [0, 0.1) is 12.7 Å². The Morgan fingerprint density at radius 2 is 2.00 bits per heavy atom. The van der Waals surface area contributed by atoms with Crippen LogP contribution in [0.4, 0.5) is 4.39 Å². The van der Waals surface area contributed by atoms with Gasteiger partial charge in [0.05, 0.1) is 18.2 Å². The van der Waals surface area contributed by atoms with Crippen LogP contribution in [0.25, 0.3) is 5.76 Å². The first-order chi connectivity index (χ1) is 13.9. The predicted molar refractivity (Wildman–Crippen MR) is 108 cm³/mol. The Morgan fingerprint density at radius 1 is 1.28 bits per heavy atom. The number of aliphatic hydroxyl groups is 1. The van der Waals surface area contributed by atoms with Crippen molar-refractivity contribution in [2.24, 2.45) is 0 Å². The molecule has 1 N–H and O–H groups in total. The molecule has 0 aliphatic carbocycles. The van der Waals surface area contributed by atoms with E-state index in [1.807, 2.05) is 13.8 Å². The van der Waals surface area contributed by atoms with Gasteiger partial charge in [-0.05, 0) is 43.7 Å². The van der Waals surface area contributed by atoms with Crippen molar-refractivity contribution in [1.29, 1.82) is 0 Å². The number of carbonyl (C=O) groups is 2. The summed E-state index contributed by atoms with van der Waals surface area (Å²) >= 11 is 0. The third-order valence-corrected chi connectivity index (χ3v) is 4.81. The van der Waals surface area contributed by atoms with Crippen LogP contribution in [-0.2, 0) is 9.59 Å². The number of hydrogen-bond donors (Lipinski definition) is 1. The minimum atomic E-state index is -1.04. The van der Waals surface area contributed by atoms with E-state index in [1.165, 1.54) is 29.2 Å². The summed E-state index contributed by atoms with van der Waals surface area (Å²) in [6, 6.07) is 9.81. The van der Waals surface area contributed by atoms with E-state index < -0.39 is 23.5 Å². The number of likely N-dealkylation sites (tertiary alicyclic amines) is 1. The Hall–Kier alpha value is -3.41. The third kappa shape index (κ3) is 3.66. The highest BCUT2D eigenvalue weighted by Gasteiger charge is 2.46. The number of rotatable bonds is 6. The number of ether oxygens (including phenoxy) is 1. The Kier molecular flexibility index (Phi) is 5.82. The van der Waals surface area contributed by atoms with Crippen molar-refractivity contribution < 1.29 is 23.8 Å². The van der Waals surface area contributed by atoms with Gasteiger partial charge in [-0.3, -0.25) is 9.59 Å². The van der Waals surface area contributed by atoms with Crippen molar-refractivity contribution in [1.82, 2.24) is 4.90 Å². The summed E-state index contributed by atoms with van der Waals surface area (Å²) in [7, 11) is 0. The average molecular weight is 395 g/mol. The molecule has 1 heterocycles. The molecule has 0 aromatic heterocycles. The molecule has 2 aromatic carbocycles. The van der Waals surface area contributed by atoms with Gasteiger partial charge in [-0.25, -0.2) is 4.39 Å². The molecule has 1 aliphatic heterocycles. The molecule has 5 nitrogen and oxygen atoms in total. The van der Waals surface area contributed by atoms with Gasteiger partial charge < -0.3 is 14.7 Å². The first kappa shape index (κ1) is 20.3. The fraction of sp³-hybridized carbons (Fsp3) is 0.217. The molecule has 1 aliphatic rings. The van der Waals surface area contributed by atoms with Crippen LogP contribution < -0.4 is 4.74 Å². The Bertz CT molecular complexity index is 1010. The monoisotopic (exact) mass is 395 g/mol. The number of aryl methyl sites for hydroxylation is 1. The van der Waals surface area contributed by atoms with E-state index in [1.54, 1.807) is 24.3 Å². The molecule has 29 heavy (non-hydrogen) atoms. The molecule has 0 bridgehead atoms. The summed E-state index contributed by atoms with van der Waals surface area (Å²) < 4.78 is 20.1. The van der Waals surface area contributed by atoms with Crippen LogP contribution in [0.15, 0.2) is 60.7 Å². The van der Waals surface area contributed by atoms with Gasteiger partial charge in [-0.15, -0.1) is 6.58 Å². The minimum absolute atomic E-state index is 0.0443. The number of Topliss-reactive ketones (excluding diaryl/α,β-unsaturated/α-hetero) is 1. The number of ketones is 1. The third-order valence-electron chi connectivity index (χ3n) is 4.81. The molecule has 1 saturated heterocycles. The zero-order valence-corrected chi connectivity index (χ0v) is 16.3. The first-order valence-corrected chi connectivity index (χ1v) is 9.28. The molecule has 1 atom stereocenters. The smallest absolute Gasteiger partial charge is 0.295 e. The van der Waals surface area contributed by atoms with Crippen LogP contribution in [-0.4, -0.2) is 34.8 Å². The van der Waals surface area contributed by atoms with Gasteiger partial charge in [0, 0.05) is 17.7 Å². The average Bonchev–Trinajstić information content (AvgIpc) is 2.94. The number of carbonyl (C=O) groups excluding carboxylic acids is 2. The molecule has 1 unspecified atom stereocenters. The van der Waals surface area contributed by atoms with E-state index in [0.29, 0.717) is 17.9 Å². The molecule has 2 aromatic rings. The minimum Gasteiger partial charge on any atom is -0.507 e. The second kappa shape index (κ2) is 8.31. The molecule has 0 saturated carbocycles. The summed E-state index contributed by atoms with van der Waals surface area (Å²) in [4.78, 5) is 26.6. The lowest BCUT2D eigenvalue weighted by atomic mass is 9.94. The number of amides is 1. The van der Waals surface area contributed by atoms with E-state index >= 15 is 0 Å². The van der Waals surface area contributed by atoms with E-state index in [2.05, 4.69) is 6.58 Å². The van der Waals surface area contributed by atoms with Gasteiger partial charge in [0.2, 0.25) is 0 Å². The second-order valence-electron chi connectivity index (χ2n) is 6.67. The van der Waals surface area contributed by atoms with Crippen LogP contribution in [0.2, 0.25) is 0 Å². The van der Waals surface area contributed by atoms with Crippen molar-refractivity contribution >= 4 is 17.4 Å². The van der Waals surface area contributed by atoms with Crippen LogP contribution in [0.1, 0.15) is 29.7 Å². The number of benzene rings is 2. The van der Waals surface area contributed by atoms with E-state index in [9.17, 15) is 19.1 Å². The van der Waals surface area contributed by atoms with Crippen LogP contribution in [0.3, 0.4) is 0 Å². The highest BCUT2D eigenvalue weighted by Crippen LogP contribution is 2.40. The quantitative estimate of drug-likeness (QED) is 0.346. The lowest BCUT2D eigenvalue weighted by Gasteiger charge is -2.24. The van der Waals surface area contributed by atoms with Crippen molar-refractivity contribution in [3.8, 4) is 5.75 Å². The fourth-order valence-corrected chi connectivity index (χ4v) is 3.50. The molecule has 1 amide bonds. The zero-order valence-electron chi connectivity index (χ0n) is 16.3. The van der Waals surface area contributed by atoms with E-state index in [4.69, 9.17) is 4.74 Å². The van der Waals surface area contributed by atoms with Crippen molar-refractivity contribution in [2.45, 2.75) is 19.9 Å². The Balaban J connectivity index is 2.19. The molecule has 6 heteroatoms. The predicted octanol–water partition coefficient (Wildman–Crippen LogP) is 4.14. The number of aliphatic hydroxyl groups excluding tert-OH is 1. The highest BCUT2D eigenvalue weighted by molar-refractivity contribution is 6.46. The highest BCUT2D eigenvalue weighted by atomic mass is 19.1. The molecular weight excluding hydrogens is 373 g/mol. The van der Waals surface area contributed by atoms with Gasteiger partial charge in [0.15, 0.2) is 0 Å². The van der Waals surface area contributed by atoms with E-state index in [0.717, 1.165) is 5.56 Å². The Labute approximate surface area is 168 Å². The summed E-state index contributed by atoms with van der Waals surface area (Å²) in [6.07, 6.45) is 1.46. The normalized spacial score (nSPS) is 18.2. The van der Waals surface area contributed by atoms with Crippen LogP contribution >= 0.6 is 0 Å². The molecule has 0 radical (unpaired) electrons. The zero-order chi connectivity index (χ0) is 21.1. The summed E-state index contributed by atoms with van der Waals surface area (Å²) in [5.41, 5.74) is 1.10. The fourth-order valence-electron chi connectivity index (χ4n) is 3.50. The van der Waals surface area contributed by atoms with Crippen molar-refractivity contribution in [3.63, 3.8) is 0 Å². The SMILES string of the molecule is C=CCN1C(=O)C(=O)/C(=C(/O)c2ccc(OCC)c(C)c2)C1c1ccccc1F. The summed E-state index contributed by atoms with van der Waals surface area (Å²) in [6.45, 7) is 7.82. The van der Waals surface area contributed by atoms with E-state index in [-0.39, 0.29) is 23.4 Å². The summed E-state index contributed by atoms with van der Waals surface area (Å²) in [5.74, 6) is -1.93. The topological polar surface area (TPSA) is 66.8 Å². The maximum atomic E-state index is 14.6. The van der Waals surface area contributed by atoms with Gasteiger partial charge in [-0.1, -0.05) is 24.3 Å². The van der Waals surface area contributed by atoms with Crippen molar-refractivity contribution in [2.75, 3.05) is 13.2 Å². The van der Waals surface area contributed by atoms with Gasteiger partial charge >= 0.3 is 0 Å². The standard InChI is InChI=1S/C23H22FNO4/c1-4-12-25-20(16-8-6-7-9-17(16)24)19(22(27)23(25)28)21(26)15-10-11-18(29-5-2)14(3)13-15/h4,6-11,13,20,26H,1,5,12H2,2-3H3/b21-19+. The molecule has 1 fully saturated rings. The maximum Gasteiger partial charge on any atom is 0.295 e. The molecule has 0 spiro atoms. The largest absolute Gasteiger partial charge is 0.507 e. The molecule has 3 rings (SSSR count). The lowest BCUT2D eigenvalue weighted by molar-refractivity contribution is -0.139. The van der Waals surface area contributed by atoms with Crippen LogP contribution in [0.5, 0.6) is 5.75 Å². The number of halogens is 1. The Morgan fingerprint density at radius 3 is 2.62 bits per heavy atom. The maximum absolute atomic E-state index is 14.6. The second-order valence-corrected chi connectivity index (χ2v) is 6.67. The van der Waals surface area contributed by atoms with Gasteiger partial charge in [0.1, 0.15) is 17.3 Å². The number of hydrogen-bond acceptors (Lipinski definition) is 4.